The zero-order chi connectivity index (χ0) is 10.7. The molecule has 15 heavy (non-hydrogen) atoms. The van der Waals surface area contributed by atoms with Crippen LogP contribution in [0.4, 0.5) is 0 Å². The van der Waals surface area contributed by atoms with Gasteiger partial charge in [0.2, 0.25) is 0 Å². The van der Waals surface area contributed by atoms with E-state index in [1.807, 2.05) is 41.3 Å². The zero-order valence-electron chi connectivity index (χ0n) is 8.64. The Morgan fingerprint density at radius 3 is 2.93 bits per heavy atom. The van der Waals surface area contributed by atoms with Crippen LogP contribution in [0.3, 0.4) is 0 Å². The highest BCUT2D eigenvalue weighted by molar-refractivity contribution is 5.63. The van der Waals surface area contributed by atoms with Crippen molar-refractivity contribution < 1.29 is 0 Å². The largest absolute Gasteiger partial charge is 0.272 e. The van der Waals surface area contributed by atoms with Crippen molar-refractivity contribution in [2.24, 2.45) is 0 Å². The Balaban J connectivity index is 2.41. The zero-order valence-corrected chi connectivity index (χ0v) is 8.64. The number of terminal acetylenes is 1. The third kappa shape index (κ3) is 1.92. The first-order valence-electron chi connectivity index (χ1n) is 4.93. The lowest BCUT2D eigenvalue weighted by atomic mass is 10.1. The van der Waals surface area contributed by atoms with Crippen LogP contribution in [0.5, 0.6) is 0 Å². The molecule has 0 fully saturated rings. The van der Waals surface area contributed by atoms with E-state index in [0.717, 1.165) is 23.2 Å². The maximum absolute atomic E-state index is 5.36. The number of benzene rings is 1. The standard InChI is InChI=1S/C13H12N2/c1-3-11-6-5-7-12(8-11)13-9-14-15(4-2)10-13/h1,5-10H,4H2,2H3. The minimum Gasteiger partial charge on any atom is -0.272 e. The summed E-state index contributed by atoms with van der Waals surface area (Å²) >= 11 is 0. The van der Waals surface area contributed by atoms with Gasteiger partial charge < -0.3 is 0 Å². The highest BCUT2D eigenvalue weighted by atomic mass is 15.3. The highest BCUT2D eigenvalue weighted by Crippen LogP contribution is 2.19. The van der Waals surface area contributed by atoms with E-state index in [1.54, 1.807) is 0 Å². The molecule has 2 nitrogen and oxygen atoms in total. The van der Waals surface area contributed by atoms with Crippen LogP contribution in [-0.2, 0) is 6.54 Å². The molecule has 2 heteroatoms. The van der Waals surface area contributed by atoms with Gasteiger partial charge in [0.05, 0.1) is 6.20 Å². The van der Waals surface area contributed by atoms with Crippen LogP contribution < -0.4 is 0 Å². The lowest BCUT2D eigenvalue weighted by Gasteiger charge is -1.97. The third-order valence-electron chi connectivity index (χ3n) is 2.32. The maximum Gasteiger partial charge on any atom is 0.0568 e. The highest BCUT2D eigenvalue weighted by Gasteiger charge is 2.00. The van der Waals surface area contributed by atoms with Crippen LogP contribution in [0, 0.1) is 12.3 Å². The molecule has 74 valence electrons. The fraction of sp³-hybridized carbons (Fsp3) is 0.154. The first-order valence-corrected chi connectivity index (χ1v) is 4.93. The van der Waals surface area contributed by atoms with Crippen LogP contribution in [0.15, 0.2) is 36.7 Å². The number of hydrogen-bond donors (Lipinski definition) is 0. The van der Waals surface area contributed by atoms with Crippen molar-refractivity contribution in [1.82, 2.24) is 9.78 Å². The van der Waals surface area contributed by atoms with Crippen LogP contribution in [0.1, 0.15) is 12.5 Å². The van der Waals surface area contributed by atoms with Gasteiger partial charge in [-0.2, -0.15) is 5.10 Å². The fourth-order valence-electron chi connectivity index (χ4n) is 1.47. The predicted octanol–water partition coefficient (Wildman–Crippen LogP) is 2.55. The Hall–Kier alpha value is -2.01. The quantitative estimate of drug-likeness (QED) is 0.675. The Morgan fingerprint density at radius 2 is 2.27 bits per heavy atom. The summed E-state index contributed by atoms with van der Waals surface area (Å²) in [6.07, 6.45) is 9.24. The number of nitrogens with zero attached hydrogens (tertiary/aromatic N) is 2. The van der Waals surface area contributed by atoms with Gasteiger partial charge in [-0.25, -0.2) is 0 Å². The summed E-state index contributed by atoms with van der Waals surface area (Å²) in [7, 11) is 0. The third-order valence-corrected chi connectivity index (χ3v) is 2.32. The summed E-state index contributed by atoms with van der Waals surface area (Å²) < 4.78 is 1.90. The summed E-state index contributed by atoms with van der Waals surface area (Å²) in [5.41, 5.74) is 3.12. The second-order valence-electron chi connectivity index (χ2n) is 3.31. The Bertz CT molecular complexity index is 503. The lowest BCUT2D eigenvalue weighted by molar-refractivity contribution is 0.660. The number of hydrogen-bond acceptors (Lipinski definition) is 1. The van der Waals surface area contributed by atoms with Crippen molar-refractivity contribution in [2.45, 2.75) is 13.5 Å². The summed E-state index contributed by atoms with van der Waals surface area (Å²) in [5, 5.41) is 4.23. The van der Waals surface area contributed by atoms with E-state index in [4.69, 9.17) is 6.42 Å². The second kappa shape index (κ2) is 4.02. The SMILES string of the molecule is C#Cc1cccc(-c2cnn(CC)c2)c1. The molecule has 0 saturated carbocycles. The van der Waals surface area contributed by atoms with Crippen LogP contribution >= 0.6 is 0 Å². The molecule has 0 bridgehead atoms. The van der Waals surface area contributed by atoms with Crippen LogP contribution in [0.2, 0.25) is 0 Å². The van der Waals surface area contributed by atoms with Crippen LogP contribution in [0.25, 0.3) is 11.1 Å². The second-order valence-corrected chi connectivity index (χ2v) is 3.31. The average Bonchev–Trinajstić information content (AvgIpc) is 2.78. The molecule has 1 heterocycles. The van der Waals surface area contributed by atoms with Crippen LogP contribution in [-0.4, -0.2) is 9.78 Å². The number of aryl methyl sites for hydroxylation is 1. The van der Waals surface area contributed by atoms with E-state index in [-0.39, 0.29) is 0 Å². The van der Waals surface area contributed by atoms with Crippen molar-refractivity contribution >= 4 is 0 Å². The molecule has 0 amide bonds. The molecular formula is C13H12N2. The van der Waals surface area contributed by atoms with Gasteiger partial charge >= 0.3 is 0 Å². The average molecular weight is 196 g/mol. The smallest absolute Gasteiger partial charge is 0.0568 e. The Labute approximate surface area is 89.6 Å². The number of rotatable bonds is 2. The Kier molecular flexibility index (Phi) is 2.55. The van der Waals surface area contributed by atoms with Gasteiger partial charge in [-0.15, -0.1) is 6.42 Å². The lowest BCUT2D eigenvalue weighted by Crippen LogP contribution is -1.91. The van der Waals surface area contributed by atoms with Crippen molar-refractivity contribution in [1.29, 1.82) is 0 Å². The van der Waals surface area contributed by atoms with Gasteiger partial charge in [-0.05, 0) is 24.6 Å². The maximum atomic E-state index is 5.36. The monoisotopic (exact) mass is 196 g/mol. The van der Waals surface area contributed by atoms with E-state index in [1.165, 1.54) is 0 Å². The van der Waals surface area contributed by atoms with Crippen molar-refractivity contribution in [3.63, 3.8) is 0 Å². The molecule has 0 aliphatic carbocycles. The van der Waals surface area contributed by atoms with Gasteiger partial charge in [-0.1, -0.05) is 18.1 Å². The molecule has 1 aromatic carbocycles. The molecule has 2 aromatic rings. The fourth-order valence-corrected chi connectivity index (χ4v) is 1.47. The van der Waals surface area contributed by atoms with E-state index >= 15 is 0 Å². The van der Waals surface area contributed by atoms with E-state index in [2.05, 4.69) is 17.9 Å². The molecule has 0 saturated heterocycles. The Morgan fingerprint density at radius 1 is 1.40 bits per heavy atom. The first-order chi connectivity index (χ1) is 7.33. The van der Waals surface area contributed by atoms with Gasteiger partial charge in [0.15, 0.2) is 0 Å². The molecule has 0 atom stereocenters. The van der Waals surface area contributed by atoms with E-state index in [9.17, 15) is 0 Å². The van der Waals surface area contributed by atoms with Crippen molar-refractivity contribution in [3.05, 3.63) is 42.2 Å². The summed E-state index contributed by atoms with van der Waals surface area (Å²) in [5.74, 6) is 2.63. The molecule has 0 aliphatic heterocycles. The van der Waals surface area contributed by atoms with E-state index < -0.39 is 0 Å². The normalized spacial score (nSPS) is 9.87. The number of aromatic nitrogens is 2. The molecule has 0 radical (unpaired) electrons. The minimum absolute atomic E-state index is 0.884. The van der Waals surface area contributed by atoms with Crippen molar-refractivity contribution in [3.8, 4) is 23.5 Å². The molecule has 0 N–H and O–H groups in total. The van der Waals surface area contributed by atoms with Gasteiger partial charge in [0, 0.05) is 23.9 Å². The molecule has 0 aliphatic rings. The molecular weight excluding hydrogens is 184 g/mol. The van der Waals surface area contributed by atoms with Crippen molar-refractivity contribution in [2.75, 3.05) is 0 Å². The molecule has 1 aromatic heterocycles. The van der Waals surface area contributed by atoms with Gasteiger partial charge in [0.1, 0.15) is 0 Å². The topological polar surface area (TPSA) is 17.8 Å². The molecule has 0 unspecified atom stereocenters. The van der Waals surface area contributed by atoms with Gasteiger partial charge in [0.25, 0.3) is 0 Å². The molecule has 0 spiro atoms. The van der Waals surface area contributed by atoms with E-state index in [0.29, 0.717) is 0 Å². The predicted molar refractivity (Wildman–Crippen MR) is 61.3 cm³/mol. The summed E-state index contributed by atoms with van der Waals surface area (Å²) in [4.78, 5) is 0. The summed E-state index contributed by atoms with van der Waals surface area (Å²) in [6.45, 7) is 2.95. The van der Waals surface area contributed by atoms with Gasteiger partial charge in [-0.3, -0.25) is 4.68 Å². The molecule has 2 rings (SSSR count). The summed E-state index contributed by atoms with van der Waals surface area (Å²) in [6, 6.07) is 7.93. The minimum atomic E-state index is 0.884. The first kappa shape index (κ1) is 9.54.